The smallest absolute Gasteiger partial charge is 0.335 e. The summed E-state index contributed by atoms with van der Waals surface area (Å²) in [7, 11) is 0. The van der Waals surface area contributed by atoms with Crippen LogP contribution in [0.5, 0.6) is 5.75 Å². The Morgan fingerprint density at radius 2 is 1.73 bits per heavy atom. The fourth-order valence-corrected chi connectivity index (χ4v) is 1.98. The molecule has 2 aromatic rings. The zero-order valence-corrected chi connectivity index (χ0v) is 12.9. The molecule has 4 heteroatoms. The van der Waals surface area contributed by atoms with Crippen molar-refractivity contribution in [2.24, 2.45) is 4.99 Å². The van der Waals surface area contributed by atoms with Gasteiger partial charge in [0.05, 0.1) is 11.3 Å². The van der Waals surface area contributed by atoms with Crippen LogP contribution in [0.1, 0.15) is 42.3 Å². The summed E-state index contributed by atoms with van der Waals surface area (Å²) >= 11 is 0. The second-order valence-corrected chi connectivity index (χ2v) is 6.13. The molecule has 0 spiro atoms. The zero-order valence-electron chi connectivity index (χ0n) is 12.9. The van der Waals surface area contributed by atoms with Gasteiger partial charge in [-0.05, 0) is 41.3 Å². The number of hydrogen-bond donors (Lipinski definition) is 2. The highest BCUT2D eigenvalue weighted by Gasteiger charge is 2.12. The molecule has 2 rings (SSSR count). The maximum atomic E-state index is 10.9. The van der Waals surface area contributed by atoms with Gasteiger partial charge in [0.1, 0.15) is 5.75 Å². The summed E-state index contributed by atoms with van der Waals surface area (Å²) in [6.07, 6.45) is 1.47. The van der Waals surface area contributed by atoms with Crippen molar-refractivity contribution >= 4 is 17.9 Å². The zero-order chi connectivity index (χ0) is 16.3. The van der Waals surface area contributed by atoms with Crippen molar-refractivity contribution in [2.45, 2.75) is 26.2 Å². The maximum Gasteiger partial charge on any atom is 0.335 e. The van der Waals surface area contributed by atoms with Gasteiger partial charge in [0, 0.05) is 11.8 Å². The molecule has 0 amide bonds. The van der Waals surface area contributed by atoms with E-state index in [1.807, 2.05) is 24.3 Å². The number of carboxylic acid groups (broad SMARTS) is 1. The summed E-state index contributed by atoms with van der Waals surface area (Å²) in [6, 6.07) is 11.9. The van der Waals surface area contributed by atoms with Crippen LogP contribution in [0, 0.1) is 0 Å². The van der Waals surface area contributed by atoms with E-state index in [-0.39, 0.29) is 16.7 Å². The van der Waals surface area contributed by atoms with E-state index >= 15 is 0 Å². The van der Waals surface area contributed by atoms with Crippen molar-refractivity contribution in [3.8, 4) is 5.75 Å². The van der Waals surface area contributed by atoms with E-state index in [0.29, 0.717) is 5.56 Å². The second-order valence-electron chi connectivity index (χ2n) is 6.13. The number of aromatic carboxylic acids is 1. The van der Waals surface area contributed by atoms with Crippen molar-refractivity contribution in [1.82, 2.24) is 0 Å². The number of benzene rings is 2. The molecular formula is C18H19NO3. The minimum absolute atomic E-state index is 0.0000571. The Bertz CT molecular complexity index is 710. The summed E-state index contributed by atoms with van der Waals surface area (Å²) in [5.74, 6) is -1.04. The first kappa shape index (κ1) is 15.8. The first-order valence-corrected chi connectivity index (χ1v) is 6.98. The Balaban J connectivity index is 2.25. The molecule has 22 heavy (non-hydrogen) atoms. The summed E-state index contributed by atoms with van der Waals surface area (Å²) in [5.41, 5.74) is 2.52. The van der Waals surface area contributed by atoms with Gasteiger partial charge in [0.15, 0.2) is 0 Å². The van der Waals surface area contributed by atoms with E-state index < -0.39 is 5.97 Å². The third-order valence-electron chi connectivity index (χ3n) is 3.36. The van der Waals surface area contributed by atoms with Gasteiger partial charge in [-0.1, -0.05) is 32.9 Å². The lowest BCUT2D eigenvalue weighted by molar-refractivity contribution is 0.0697. The number of carbonyl (C=O) groups is 1. The highest BCUT2D eigenvalue weighted by molar-refractivity contribution is 5.93. The Hall–Kier alpha value is -2.62. The van der Waals surface area contributed by atoms with Crippen molar-refractivity contribution in [2.75, 3.05) is 0 Å². The van der Waals surface area contributed by atoms with Gasteiger partial charge in [-0.2, -0.15) is 0 Å². The molecule has 114 valence electrons. The number of phenolic OH excluding ortho intramolecular Hbond substituents is 1. The molecule has 0 heterocycles. The predicted molar refractivity (Wildman–Crippen MR) is 87.5 cm³/mol. The predicted octanol–water partition coefficient (Wildman–Crippen LogP) is 4.14. The Morgan fingerprint density at radius 1 is 1.09 bits per heavy atom. The van der Waals surface area contributed by atoms with Gasteiger partial charge in [-0.25, -0.2) is 4.79 Å². The molecule has 2 aromatic carbocycles. The maximum absolute atomic E-state index is 10.9. The molecule has 2 N–H and O–H groups in total. The normalized spacial score (nSPS) is 11.8. The first-order chi connectivity index (χ1) is 10.3. The van der Waals surface area contributed by atoms with E-state index in [9.17, 15) is 9.90 Å². The largest absolute Gasteiger partial charge is 0.507 e. The number of rotatable bonds is 3. The average molecular weight is 297 g/mol. The van der Waals surface area contributed by atoms with E-state index in [4.69, 9.17) is 5.11 Å². The number of carboxylic acids is 1. The molecule has 0 bridgehead atoms. The van der Waals surface area contributed by atoms with Crippen LogP contribution in [0.4, 0.5) is 5.69 Å². The van der Waals surface area contributed by atoms with Crippen LogP contribution in [-0.4, -0.2) is 22.4 Å². The lowest BCUT2D eigenvalue weighted by atomic mass is 9.87. The highest BCUT2D eigenvalue weighted by Crippen LogP contribution is 2.25. The standard InChI is InChI=1S/C18H19NO3/c1-18(2,3)14-5-7-15(8-6-14)19-11-13-10-12(17(21)22)4-9-16(13)20/h4-11,20H,1-3H3,(H,21,22). The number of aliphatic imine (C=N–C) groups is 1. The summed E-state index contributed by atoms with van der Waals surface area (Å²) in [4.78, 5) is 15.2. The quantitative estimate of drug-likeness (QED) is 0.836. The lowest BCUT2D eigenvalue weighted by Crippen LogP contribution is -2.10. The van der Waals surface area contributed by atoms with Gasteiger partial charge < -0.3 is 10.2 Å². The van der Waals surface area contributed by atoms with Crippen LogP contribution in [-0.2, 0) is 5.41 Å². The van der Waals surface area contributed by atoms with Crippen molar-refractivity contribution in [3.63, 3.8) is 0 Å². The number of nitrogens with zero attached hydrogens (tertiary/aromatic N) is 1. The minimum atomic E-state index is -1.04. The van der Waals surface area contributed by atoms with E-state index in [0.717, 1.165) is 5.69 Å². The third-order valence-corrected chi connectivity index (χ3v) is 3.36. The molecular weight excluding hydrogens is 278 g/mol. The average Bonchev–Trinajstić information content (AvgIpc) is 2.45. The Morgan fingerprint density at radius 3 is 2.27 bits per heavy atom. The van der Waals surface area contributed by atoms with Crippen LogP contribution in [0.25, 0.3) is 0 Å². The van der Waals surface area contributed by atoms with E-state index in [1.165, 1.54) is 30.0 Å². The summed E-state index contributed by atoms with van der Waals surface area (Å²) in [6.45, 7) is 6.42. The SMILES string of the molecule is CC(C)(C)c1ccc(N=Cc2cc(C(=O)O)ccc2O)cc1. The number of aromatic hydroxyl groups is 1. The molecule has 0 unspecified atom stereocenters. The Labute approximate surface area is 129 Å². The van der Waals surface area contributed by atoms with Gasteiger partial charge >= 0.3 is 5.97 Å². The summed E-state index contributed by atoms with van der Waals surface area (Å²) < 4.78 is 0. The fraction of sp³-hybridized carbons (Fsp3) is 0.222. The summed E-state index contributed by atoms with van der Waals surface area (Å²) in [5, 5.41) is 18.7. The highest BCUT2D eigenvalue weighted by atomic mass is 16.4. The molecule has 0 saturated carbocycles. The lowest BCUT2D eigenvalue weighted by Gasteiger charge is -2.18. The molecule has 4 nitrogen and oxygen atoms in total. The van der Waals surface area contributed by atoms with Crippen LogP contribution in [0.3, 0.4) is 0 Å². The van der Waals surface area contributed by atoms with Crippen molar-refractivity contribution in [1.29, 1.82) is 0 Å². The molecule has 0 radical (unpaired) electrons. The van der Waals surface area contributed by atoms with Crippen LogP contribution >= 0.6 is 0 Å². The van der Waals surface area contributed by atoms with E-state index in [2.05, 4.69) is 25.8 Å². The molecule has 0 fully saturated rings. The van der Waals surface area contributed by atoms with Gasteiger partial charge in [-0.15, -0.1) is 0 Å². The molecule has 0 aliphatic rings. The van der Waals surface area contributed by atoms with Crippen LogP contribution in [0.2, 0.25) is 0 Å². The van der Waals surface area contributed by atoms with Crippen LogP contribution in [0.15, 0.2) is 47.5 Å². The topological polar surface area (TPSA) is 69.9 Å². The fourth-order valence-electron chi connectivity index (χ4n) is 1.98. The minimum Gasteiger partial charge on any atom is -0.507 e. The molecule has 0 aliphatic heterocycles. The third kappa shape index (κ3) is 3.73. The van der Waals surface area contributed by atoms with Gasteiger partial charge in [0.2, 0.25) is 0 Å². The monoisotopic (exact) mass is 297 g/mol. The first-order valence-electron chi connectivity index (χ1n) is 6.98. The Kier molecular flexibility index (Phi) is 4.31. The van der Waals surface area contributed by atoms with Gasteiger partial charge in [-0.3, -0.25) is 4.99 Å². The van der Waals surface area contributed by atoms with Crippen molar-refractivity contribution in [3.05, 3.63) is 59.2 Å². The molecule has 0 atom stereocenters. The number of hydrogen-bond acceptors (Lipinski definition) is 3. The second kappa shape index (κ2) is 6.02. The van der Waals surface area contributed by atoms with Crippen LogP contribution < -0.4 is 0 Å². The number of phenols is 1. The molecule has 0 aliphatic carbocycles. The van der Waals surface area contributed by atoms with Gasteiger partial charge in [0.25, 0.3) is 0 Å². The van der Waals surface area contributed by atoms with E-state index in [1.54, 1.807) is 0 Å². The molecule has 0 saturated heterocycles. The molecule has 0 aromatic heterocycles. The van der Waals surface area contributed by atoms with Crippen molar-refractivity contribution < 1.29 is 15.0 Å².